The smallest absolute Gasteiger partial charge is 0.337 e. The third-order valence-electron chi connectivity index (χ3n) is 5.56. The first-order valence-corrected chi connectivity index (χ1v) is 10.5. The van der Waals surface area contributed by atoms with Crippen molar-refractivity contribution in [3.05, 3.63) is 99.5 Å². The summed E-state index contributed by atoms with van der Waals surface area (Å²) in [5.41, 5.74) is 2.57. The van der Waals surface area contributed by atoms with Gasteiger partial charge in [-0.2, -0.15) is 0 Å². The van der Waals surface area contributed by atoms with Crippen molar-refractivity contribution in [1.29, 1.82) is 0 Å². The van der Waals surface area contributed by atoms with E-state index < -0.39 is 11.2 Å². The second-order valence-corrected chi connectivity index (χ2v) is 7.93. The molecular weight excluding hydrogens is 404 g/mol. The van der Waals surface area contributed by atoms with Crippen molar-refractivity contribution in [2.45, 2.75) is 32.9 Å². The van der Waals surface area contributed by atoms with E-state index in [4.69, 9.17) is 4.74 Å². The molecule has 0 aliphatic carbocycles. The van der Waals surface area contributed by atoms with Crippen LogP contribution in [-0.2, 0) is 13.1 Å². The number of nitrogens with zero attached hydrogens (tertiary/aromatic N) is 4. The van der Waals surface area contributed by atoms with E-state index in [-0.39, 0.29) is 6.54 Å². The van der Waals surface area contributed by atoms with E-state index in [1.165, 1.54) is 14.7 Å². The van der Waals surface area contributed by atoms with Crippen molar-refractivity contribution in [3.63, 3.8) is 0 Å². The van der Waals surface area contributed by atoms with Crippen LogP contribution in [0.15, 0.2) is 77.1 Å². The number of imidazole rings is 1. The monoisotopic (exact) mass is 430 g/mol. The minimum atomic E-state index is -0.442. The first-order valence-electron chi connectivity index (χ1n) is 10.5. The standard InChI is InChI=1S/C25H26N4O3/c1-5-14-28-24(30)22-23(26-16-27(22)15-19-8-6-7-9-21(19)32-4)29(25(28)31)20-12-10-18(11-13-20)17(2)3/h5-13,16-17H,1,14-15H2,2-4H3. The molecule has 7 heteroatoms. The van der Waals surface area contributed by atoms with Gasteiger partial charge in [0.15, 0.2) is 11.2 Å². The van der Waals surface area contributed by atoms with Crippen molar-refractivity contribution in [2.24, 2.45) is 0 Å². The molecule has 0 spiro atoms. The molecule has 4 rings (SSSR count). The molecule has 4 aromatic rings. The maximum Gasteiger partial charge on any atom is 0.337 e. The second-order valence-electron chi connectivity index (χ2n) is 7.93. The van der Waals surface area contributed by atoms with E-state index in [0.717, 1.165) is 11.3 Å². The van der Waals surface area contributed by atoms with E-state index in [0.29, 0.717) is 29.3 Å². The Hall–Kier alpha value is -3.87. The highest BCUT2D eigenvalue weighted by atomic mass is 16.5. The first kappa shape index (κ1) is 21.4. The third-order valence-corrected chi connectivity index (χ3v) is 5.56. The molecule has 2 aromatic carbocycles. The highest BCUT2D eigenvalue weighted by molar-refractivity contribution is 5.72. The second kappa shape index (κ2) is 8.70. The van der Waals surface area contributed by atoms with Gasteiger partial charge in [-0.1, -0.05) is 50.3 Å². The highest BCUT2D eigenvalue weighted by Gasteiger charge is 2.19. The minimum absolute atomic E-state index is 0.109. The number of benzene rings is 2. The Balaban J connectivity index is 1.96. The number of rotatable bonds is 7. The molecule has 0 aliphatic heterocycles. The van der Waals surface area contributed by atoms with Crippen LogP contribution >= 0.6 is 0 Å². The summed E-state index contributed by atoms with van der Waals surface area (Å²) in [4.78, 5) is 31.1. The number of hydrogen-bond acceptors (Lipinski definition) is 4. The summed E-state index contributed by atoms with van der Waals surface area (Å²) in [6.45, 7) is 8.43. The molecule has 7 nitrogen and oxygen atoms in total. The maximum absolute atomic E-state index is 13.3. The van der Waals surface area contributed by atoms with Gasteiger partial charge < -0.3 is 9.30 Å². The summed E-state index contributed by atoms with van der Waals surface area (Å²) >= 11 is 0. The van der Waals surface area contributed by atoms with Crippen molar-refractivity contribution in [2.75, 3.05) is 7.11 Å². The van der Waals surface area contributed by atoms with Crippen LogP contribution < -0.4 is 16.0 Å². The average Bonchev–Trinajstić information content (AvgIpc) is 3.20. The summed E-state index contributed by atoms with van der Waals surface area (Å²) in [6, 6.07) is 15.4. The number of allylic oxidation sites excluding steroid dienone is 1. The summed E-state index contributed by atoms with van der Waals surface area (Å²) < 4.78 is 9.89. The van der Waals surface area contributed by atoms with Crippen LogP contribution in [0.4, 0.5) is 0 Å². The van der Waals surface area contributed by atoms with Gasteiger partial charge in [0.2, 0.25) is 0 Å². The van der Waals surface area contributed by atoms with Crippen LogP contribution in [0.3, 0.4) is 0 Å². The minimum Gasteiger partial charge on any atom is -0.496 e. The van der Waals surface area contributed by atoms with Gasteiger partial charge in [-0.3, -0.25) is 9.36 Å². The lowest BCUT2D eigenvalue weighted by Gasteiger charge is -2.13. The SMILES string of the molecule is C=CCn1c(=O)c2c(ncn2Cc2ccccc2OC)n(-c2ccc(C(C)C)cc2)c1=O. The quantitative estimate of drug-likeness (QED) is 0.419. The van der Waals surface area contributed by atoms with E-state index in [9.17, 15) is 9.59 Å². The van der Waals surface area contributed by atoms with Crippen LogP contribution in [0.5, 0.6) is 5.75 Å². The van der Waals surface area contributed by atoms with Gasteiger partial charge in [-0.25, -0.2) is 14.3 Å². The predicted octanol–water partition coefficient (Wildman–Crippen LogP) is 3.72. The molecule has 0 bridgehead atoms. The average molecular weight is 431 g/mol. The Morgan fingerprint density at radius 1 is 1.09 bits per heavy atom. The normalized spacial score (nSPS) is 11.2. The van der Waals surface area contributed by atoms with E-state index >= 15 is 0 Å². The Morgan fingerprint density at radius 2 is 1.81 bits per heavy atom. The zero-order valence-corrected chi connectivity index (χ0v) is 18.5. The van der Waals surface area contributed by atoms with Crippen molar-refractivity contribution in [1.82, 2.24) is 18.7 Å². The van der Waals surface area contributed by atoms with Gasteiger partial charge in [-0.05, 0) is 29.7 Å². The number of fused-ring (bicyclic) bond motifs is 1. The molecule has 0 amide bonds. The van der Waals surface area contributed by atoms with Crippen LogP contribution in [-0.4, -0.2) is 25.8 Å². The molecule has 2 heterocycles. The van der Waals surface area contributed by atoms with Gasteiger partial charge in [0.05, 0.1) is 25.7 Å². The molecule has 0 radical (unpaired) electrons. The predicted molar refractivity (Wildman–Crippen MR) is 126 cm³/mol. The molecule has 0 fully saturated rings. The number of methoxy groups -OCH3 is 1. The van der Waals surface area contributed by atoms with Crippen LogP contribution in [0.25, 0.3) is 16.9 Å². The molecule has 0 unspecified atom stereocenters. The fourth-order valence-electron chi connectivity index (χ4n) is 3.85. The summed E-state index contributed by atoms with van der Waals surface area (Å²) in [6.07, 6.45) is 3.14. The molecule has 32 heavy (non-hydrogen) atoms. The van der Waals surface area contributed by atoms with E-state index in [1.54, 1.807) is 24.1 Å². The fraction of sp³-hybridized carbons (Fsp3) is 0.240. The zero-order valence-electron chi connectivity index (χ0n) is 18.5. The van der Waals surface area contributed by atoms with Crippen molar-refractivity contribution >= 4 is 11.2 Å². The summed E-state index contributed by atoms with van der Waals surface area (Å²) in [5.74, 6) is 1.09. The molecule has 0 aliphatic rings. The third kappa shape index (κ3) is 3.66. The van der Waals surface area contributed by atoms with Gasteiger partial charge >= 0.3 is 5.69 Å². The molecule has 2 aromatic heterocycles. The Labute approximate surface area is 185 Å². The molecule has 0 saturated carbocycles. The van der Waals surface area contributed by atoms with Gasteiger partial charge in [0, 0.05) is 12.1 Å². The van der Waals surface area contributed by atoms with Gasteiger partial charge in [0.1, 0.15) is 5.75 Å². The summed E-state index contributed by atoms with van der Waals surface area (Å²) in [5, 5.41) is 0. The largest absolute Gasteiger partial charge is 0.496 e. The number of aromatic nitrogens is 4. The van der Waals surface area contributed by atoms with Crippen LogP contribution in [0.1, 0.15) is 30.9 Å². The van der Waals surface area contributed by atoms with Crippen molar-refractivity contribution in [3.8, 4) is 11.4 Å². The van der Waals surface area contributed by atoms with Crippen LogP contribution in [0, 0.1) is 0 Å². The number of para-hydroxylation sites is 1. The number of hydrogen-bond donors (Lipinski definition) is 0. The molecule has 0 atom stereocenters. The van der Waals surface area contributed by atoms with Gasteiger partial charge in [-0.15, -0.1) is 6.58 Å². The zero-order chi connectivity index (χ0) is 22.8. The maximum atomic E-state index is 13.3. The van der Waals surface area contributed by atoms with Gasteiger partial charge in [0.25, 0.3) is 5.56 Å². The Bertz CT molecular complexity index is 1390. The van der Waals surface area contributed by atoms with E-state index in [1.807, 2.05) is 48.5 Å². The lowest BCUT2D eigenvalue weighted by molar-refractivity contribution is 0.408. The lowest BCUT2D eigenvalue weighted by atomic mass is 10.0. The molecular formula is C25H26N4O3. The number of ether oxygens (including phenoxy) is 1. The molecule has 0 saturated heterocycles. The molecule has 0 N–H and O–H groups in total. The van der Waals surface area contributed by atoms with E-state index in [2.05, 4.69) is 25.4 Å². The molecule has 164 valence electrons. The fourth-order valence-corrected chi connectivity index (χ4v) is 3.85. The lowest BCUT2D eigenvalue weighted by Crippen LogP contribution is -2.39. The van der Waals surface area contributed by atoms with Crippen LogP contribution in [0.2, 0.25) is 0 Å². The summed E-state index contributed by atoms with van der Waals surface area (Å²) in [7, 11) is 1.61. The first-order chi connectivity index (χ1) is 15.5. The highest BCUT2D eigenvalue weighted by Crippen LogP contribution is 2.21. The van der Waals surface area contributed by atoms with Crippen molar-refractivity contribution < 1.29 is 4.74 Å². The topological polar surface area (TPSA) is 71.0 Å². The Kier molecular flexibility index (Phi) is 5.81. The Morgan fingerprint density at radius 3 is 2.47 bits per heavy atom.